The number of H-pyrrole nitrogens is 1. The molecule has 3 heteroatoms. The van der Waals surface area contributed by atoms with Crippen molar-refractivity contribution in [1.29, 1.82) is 0 Å². The second-order valence-electron chi connectivity index (χ2n) is 4.65. The molecule has 1 aliphatic carbocycles. The lowest BCUT2D eigenvalue weighted by atomic mass is 9.76. The molecule has 76 valence electrons. The molecular weight excluding hydrogens is 194 g/mol. The summed E-state index contributed by atoms with van der Waals surface area (Å²) in [7, 11) is 0. The van der Waals surface area contributed by atoms with Crippen molar-refractivity contribution in [3.05, 3.63) is 17.5 Å². The number of hydrogen-bond donors (Lipinski definition) is 1. The largest absolute Gasteiger partial charge is 0.363 e. The first-order valence-corrected chi connectivity index (χ1v) is 6.03. The van der Waals surface area contributed by atoms with Crippen LogP contribution in [0.2, 0.25) is 0 Å². The fourth-order valence-corrected chi connectivity index (χ4v) is 2.73. The number of rotatable bonds is 1. The summed E-state index contributed by atoms with van der Waals surface area (Å²) in [4.78, 5) is 16.2. The van der Waals surface area contributed by atoms with E-state index < -0.39 is 0 Å². The van der Waals surface area contributed by atoms with E-state index in [4.69, 9.17) is 0 Å². The highest BCUT2D eigenvalue weighted by Crippen LogP contribution is 2.37. The van der Waals surface area contributed by atoms with Gasteiger partial charge in [-0.3, -0.25) is 4.79 Å². The molecule has 1 aliphatic rings. The van der Waals surface area contributed by atoms with E-state index in [-0.39, 0.29) is 5.41 Å². The minimum atomic E-state index is 0.116. The van der Waals surface area contributed by atoms with Crippen LogP contribution in [0.15, 0.2) is 11.1 Å². The molecule has 0 unspecified atom stereocenters. The standard InChI is InChI=1S/C11H15NOS/c1-11(2)4-7-10(8(13)5-11)9(14-3)6-12-7/h6,12H,4-5H2,1-3H3. The van der Waals surface area contributed by atoms with Gasteiger partial charge in [-0.1, -0.05) is 13.8 Å². The highest BCUT2D eigenvalue weighted by Gasteiger charge is 2.33. The molecule has 0 aromatic carbocycles. The molecule has 0 spiro atoms. The van der Waals surface area contributed by atoms with Crippen LogP contribution in [-0.4, -0.2) is 17.0 Å². The highest BCUT2D eigenvalue weighted by molar-refractivity contribution is 7.98. The summed E-state index contributed by atoms with van der Waals surface area (Å²) >= 11 is 1.64. The fourth-order valence-electron chi connectivity index (χ4n) is 2.12. The first kappa shape index (κ1) is 9.84. The molecule has 0 aliphatic heterocycles. The van der Waals surface area contributed by atoms with E-state index >= 15 is 0 Å². The van der Waals surface area contributed by atoms with Gasteiger partial charge in [0, 0.05) is 23.2 Å². The first-order valence-electron chi connectivity index (χ1n) is 4.81. The van der Waals surface area contributed by atoms with Gasteiger partial charge in [-0.15, -0.1) is 11.8 Å². The summed E-state index contributed by atoms with van der Waals surface area (Å²) in [6.45, 7) is 4.29. The molecule has 14 heavy (non-hydrogen) atoms. The van der Waals surface area contributed by atoms with Crippen molar-refractivity contribution in [1.82, 2.24) is 4.98 Å². The Hall–Kier alpha value is -0.700. The maximum absolute atomic E-state index is 11.9. The summed E-state index contributed by atoms with van der Waals surface area (Å²) in [6.07, 6.45) is 5.62. The number of fused-ring (bicyclic) bond motifs is 1. The van der Waals surface area contributed by atoms with Crippen molar-refractivity contribution >= 4 is 17.5 Å². The third-order valence-electron chi connectivity index (χ3n) is 2.72. The molecule has 2 rings (SSSR count). The Morgan fingerprint density at radius 2 is 2.14 bits per heavy atom. The summed E-state index contributed by atoms with van der Waals surface area (Å²) in [5.74, 6) is 0.293. The van der Waals surface area contributed by atoms with Crippen molar-refractivity contribution in [2.45, 2.75) is 31.6 Å². The van der Waals surface area contributed by atoms with Crippen LogP contribution in [0.5, 0.6) is 0 Å². The topological polar surface area (TPSA) is 32.9 Å². The molecular formula is C11H15NOS. The van der Waals surface area contributed by atoms with E-state index in [2.05, 4.69) is 18.8 Å². The minimum Gasteiger partial charge on any atom is -0.363 e. The third kappa shape index (κ3) is 1.50. The van der Waals surface area contributed by atoms with Crippen LogP contribution in [0.1, 0.15) is 36.3 Å². The van der Waals surface area contributed by atoms with Crippen molar-refractivity contribution in [2.24, 2.45) is 5.41 Å². The van der Waals surface area contributed by atoms with Crippen LogP contribution in [-0.2, 0) is 6.42 Å². The van der Waals surface area contributed by atoms with Crippen molar-refractivity contribution < 1.29 is 4.79 Å². The Kier molecular flexibility index (Phi) is 2.22. The van der Waals surface area contributed by atoms with Crippen molar-refractivity contribution in [2.75, 3.05) is 6.26 Å². The number of aromatic amines is 1. The maximum atomic E-state index is 11.9. The van der Waals surface area contributed by atoms with Gasteiger partial charge >= 0.3 is 0 Å². The molecule has 0 amide bonds. The minimum absolute atomic E-state index is 0.116. The fraction of sp³-hybridized carbons (Fsp3) is 0.545. The SMILES string of the molecule is CSc1c[nH]c2c1C(=O)CC(C)(C)C2. The maximum Gasteiger partial charge on any atom is 0.166 e. The Morgan fingerprint density at radius 1 is 1.43 bits per heavy atom. The van der Waals surface area contributed by atoms with Gasteiger partial charge in [0.15, 0.2) is 5.78 Å². The van der Waals surface area contributed by atoms with Gasteiger partial charge in [0.05, 0.1) is 5.56 Å². The van der Waals surface area contributed by atoms with Gasteiger partial charge in [-0.05, 0) is 18.1 Å². The third-order valence-corrected chi connectivity index (χ3v) is 3.48. The van der Waals surface area contributed by atoms with Crippen LogP contribution in [0.3, 0.4) is 0 Å². The molecule has 1 aromatic heterocycles. The van der Waals surface area contributed by atoms with Gasteiger partial charge in [-0.25, -0.2) is 0 Å². The van der Waals surface area contributed by atoms with Crippen LogP contribution in [0.25, 0.3) is 0 Å². The Morgan fingerprint density at radius 3 is 2.79 bits per heavy atom. The number of Topliss-reactive ketones (excluding diaryl/α,β-unsaturated/α-hetero) is 1. The first-order chi connectivity index (χ1) is 6.53. The molecule has 0 fully saturated rings. The van der Waals surface area contributed by atoms with E-state index in [1.54, 1.807) is 11.8 Å². The molecule has 0 atom stereocenters. The lowest BCUT2D eigenvalue weighted by Crippen LogP contribution is -2.26. The molecule has 0 radical (unpaired) electrons. The van der Waals surface area contributed by atoms with Crippen LogP contribution in [0, 0.1) is 5.41 Å². The zero-order chi connectivity index (χ0) is 10.3. The van der Waals surface area contributed by atoms with Crippen molar-refractivity contribution in [3.63, 3.8) is 0 Å². The Bertz CT molecular complexity index is 379. The zero-order valence-corrected chi connectivity index (χ0v) is 9.62. The number of nitrogens with one attached hydrogen (secondary N) is 1. The Balaban J connectivity index is 2.47. The second-order valence-corrected chi connectivity index (χ2v) is 5.50. The second kappa shape index (κ2) is 3.16. The van der Waals surface area contributed by atoms with Crippen LogP contribution >= 0.6 is 11.8 Å². The quantitative estimate of drug-likeness (QED) is 0.721. The molecule has 1 heterocycles. The van der Waals surface area contributed by atoms with Crippen molar-refractivity contribution in [3.8, 4) is 0 Å². The normalized spacial score (nSPS) is 19.5. The van der Waals surface area contributed by atoms with Gasteiger partial charge in [0.2, 0.25) is 0 Å². The molecule has 2 nitrogen and oxygen atoms in total. The lowest BCUT2D eigenvalue weighted by Gasteiger charge is -2.28. The van der Waals surface area contributed by atoms with Gasteiger partial charge in [0.25, 0.3) is 0 Å². The van der Waals surface area contributed by atoms with E-state index in [1.807, 2.05) is 12.5 Å². The molecule has 0 bridgehead atoms. The average Bonchev–Trinajstić information content (AvgIpc) is 2.44. The van der Waals surface area contributed by atoms with Crippen LogP contribution in [0.4, 0.5) is 0 Å². The molecule has 1 N–H and O–H groups in total. The number of thioether (sulfide) groups is 1. The summed E-state index contributed by atoms with van der Waals surface area (Å²) in [5, 5.41) is 0. The lowest BCUT2D eigenvalue weighted by molar-refractivity contribution is 0.0908. The van der Waals surface area contributed by atoms with E-state index in [0.29, 0.717) is 12.2 Å². The van der Waals surface area contributed by atoms with Gasteiger partial charge in [-0.2, -0.15) is 0 Å². The predicted molar refractivity (Wildman–Crippen MR) is 59.0 cm³/mol. The zero-order valence-electron chi connectivity index (χ0n) is 8.81. The predicted octanol–water partition coefficient (Wildman–Crippen LogP) is 2.89. The summed E-state index contributed by atoms with van der Waals surface area (Å²) in [6, 6.07) is 0. The molecule has 0 saturated carbocycles. The molecule has 1 aromatic rings. The number of aromatic nitrogens is 1. The van der Waals surface area contributed by atoms with Gasteiger partial charge in [0.1, 0.15) is 0 Å². The summed E-state index contributed by atoms with van der Waals surface area (Å²) in [5.41, 5.74) is 2.18. The highest BCUT2D eigenvalue weighted by atomic mass is 32.2. The number of carbonyl (C=O) groups excluding carboxylic acids is 1. The van der Waals surface area contributed by atoms with E-state index in [1.165, 1.54) is 0 Å². The molecule has 0 saturated heterocycles. The van der Waals surface area contributed by atoms with Crippen LogP contribution < -0.4 is 0 Å². The number of carbonyl (C=O) groups is 1. The van der Waals surface area contributed by atoms with E-state index in [0.717, 1.165) is 22.6 Å². The summed E-state index contributed by atoms with van der Waals surface area (Å²) < 4.78 is 0. The smallest absolute Gasteiger partial charge is 0.166 e. The van der Waals surface area contributed by atoms with Gasteiger partial charge < -0.3 is 4.98 Å². The van der Waals surface area contributed by atoms with E-state index in [9.17, 15) is 4.79 Å². The average molecular weight is 209 g/mol. The number of ketones is 1. The Labute approximate surface area is 88.5 Å². The monoisotopic (exact) mass is 209 g/mol. The number of hydrogen-bond acceptors (Lipinski definition) is 2.